The van der Waals surface area contributed by atoms with Gasteiger partial charge >= 0.3 is 0 Å². The summed E-state index contributed by atoms with van der Waals surface area (Å²) in [5.41, 5.74) is 2.31. The van der Waals surface area contributed by atoms with Crippen molar-refractivity contribution in [2.45, 2.75) is 46.2 Å². The number of nitrogens with zero attached hydrogens (tertiary/aromatic N) is 1. The summed E-state index contributed by atoms with van der Waals surface area (Å²) in [7, 11) is 0. The van der Waals surface area contributed by atoms with Crippen LogP contribution in [0.5, 0.6) is 0 Å². The predicted octanol–water partition coefficient (Wildman–Crippen LogP) is 2.26. The van der Waals surface area contributed by atoms with Crippen LogP contribution in [0.3, 0.4) is 0 Å². The number of carbonyl (C=O) groups excluding carboxylic acids is 2. The van der Waals surface area contributed by atoms with E-state index in [-0.39, 0.29) is 23.8 Å². The molecule has 114 valence electrons. The van der Waals surface area contributed by atoms with Crippen molar-refractivity contribution in [2.24, 2.45) is 5.92 Å². The third-order valence-corrected chi connectivity index (χ3v) is 4.08. The van der Waals surface area contributed by atoms with E-state index in [1.165, 1.54) is 5.56 Å². The summed E-state index contributed by atoms with van der Waals surface area (Å²) in [5, 5.41) is 2.97. The first-order chi connectivity index (χ1) is 9.99. The summed E-state index contributed by atoms with van der Waals surface area (Å²) in [5.74, 6) is -0.138. The summed E-state index contributed by atoms with van der Waals surface area (Å²) in [4.78, 5) is 26.0. The van der Waals surface area contributed by atoms with Gasteiger partial charge in [-0.3, -0.25) is 9.59 Å². The van der Waals surface area contributed by atoms with Crippen LogP contribution in [-0.2, 0) is 16.1 Å². The molecule has 1 N–H and O–H groups in total. The second-order valence-corrected chi connectivity index (χ2v) is 5.98. The van der Waals surface area contributed by atoms with Gasteiger partial charge in [-0.2, -0.15) is 0 Å². The SMILES string of the molecule is CC[C@@H](C)NC(=O)[C@@H]1CC(=O)N(Cc2ccc(C)cc2)C1. The number of rotatable bonds is 5. The van der Waals surface area contributed by atoms with Crippen LogP contribution in [0, 0.1) is 12.8 Å². The van der Waals surface area contributed by atoms with Gasteiger partial charge in [0.1, 0.15) is 0 Å². The first kappa shape index (κ1) is 15.5. The molecule has 0 aliphatic carbocycles. The molecule has 1 aromatic rings. The number of aryl methyl sites for hydroxylation is 1. The molecule has 21 heavy (non-hydrogen) atoms. The van der Waals surface area contributed by atoms with Gasteiger partial charge in [0, 0.05) is 25.6 Å². The highest BCUT2D eigenvalue weighted by molar-refractivity contribution is 5.89. The van der Waals surface area contributed by atoms with Crippen LogP contribution < -0.4 is 5.32 Å². The van der Waals surface area contributed by atoms with Gasteiger partial charge in [0.15, 0.2) is 0 Å². The third kappa shape index (κ3) is 4.06. The molecule has 0 aromatic heterocycles. The molecule has 4 nitrogen and oxygen atoms in total. The van der Waals surface area contributed by atoms with Crippen molar-refractivity contribution in [1.29, 1.82) is 0 Å². The quantitative estimate of drug-likeness (QED) is 0.903. The Morgan fingerprint density at radius 2 is 2.05 bits per heavy atom. The number of hydrogen-bond acceptors (Lipinski definition) is 2. The Kier molecular flexibility index (Phi) is 4.99. The van der Waals surface area contributed by atoms with Gasteiger partial charge in [-0.25, -0.2) is 0 Å². The highest BCUT2D eigenvalue weighted by Gasteiger charge is 2.34. The van der Waals surface area contributed by atoms with Crippen LogP contribution in [0.15, 0.2) is 24.3 Å². The van der Waals surface area contributed by atoms with Crippen molar-refractivity contribution in [2.75, 3.05) is 6.54 Å². The van der Waals surface area contributed by atoms with Gasteiger partial charge in [0.05, 0.1) is 5.92 Å². The Morgan fingerprint density at radius 1 is 1.38 bits per heavy atom. The van der Waals surface area contributed by atoms with E-state index in [2.05, 4.69) is 5.32 Å². The molecule has 0 spiro atoms. The molecule has 1 saturated heterocycles. The minimum absolute atomic E-state index is 0.00380. The number of likely N-dealkylation sites (tertiary alicyclic amines) is 1. The van der Waals surface area contributed by atoms with Crippen molar-refractivity contribution in [3.05, 3.63) is 35.4 Å². The lowest BCUT2D eigenvalue weighted by atomic mass is 10.1. The van der Waals surface area contributed by atoms with E-state index >= 15 is 0 Å². The van der Waals surface area contributed by atoms with Gasteiger partial charge in [0.25, 0.3) is 0 Å². The smallest absolute Gasteiger partial charge is 0.225 e. The van der Waals surface area contributed by atoms with Crippen LogP contribution in [0.1, 0.15) is 37.8 Å². The van der Waals surface area contributed by atoms with Gasteiger partial charge in [-0.15, -0.1) is 0 Å². The summed E-state index contributed by atoms with van der Waals surface area (Å²) >= 11 is 0. The second-order valence-electron chi connectivity index (χ2n) is 5.98. The third-order valence-electron chi connectivity index (χ3n) is 4.08. The fourth-order valence-electron chi connectivity index (χ4n) is 2.48. The van der Waals surface area contributed by atoms with Gasteiger partial charge < -0.3 is 10.2 Å². The monoisotopic (exact) mass is 288 g/mol. The lowest BCUT2D eigenvalue weighted by molar-refractivity contribution is -0.129. The maximum absolute atomic E-state index is 12.1. The minimum atomic E-state index is -0.211. The summed E-state index contributed by atoms with van der Waals surface area (Å²) in [6.07, 6.45) is 1.23. The first-order valence-electron chi connectivity index (χ1n) is 7.63. The molecule has 0 radical (unpaired) electrons. The van der Waals surface area contributed by atoms with Crippen LogP contribution >= 0.6 is 0 Å². The second kappa shape index (κ2) is 6.74. The van der Waals surface area contributed by atoms with Crippen molar-refractivity contribution >= 4 is 11.8 Å². The zero-order valence-corrected chi connectivity index (χ0v) is 13.1. The Morgan fingerprint density at radius 3 is 2.67 bits per heavy atom. The van der Waals surface area contributed by atoms with Gasteiger partial charge in [0.2, 0.25) is 11.8 Å². The van der Waals surface area contributed by atoms with E-state index in [4.69, 9.17) is 0 Å². The maximum atomic E-state index is 12.1. The van der Waals surface area contributed by atoms with Crippen molar-refractivity contribution in [3.8, 4) is 0 Å². The van der Waals surface area contributed by atoms with Gasteiger partial charge in [-0.1, -0.05) is 36.8 Å². The predicted molar refractivity (Wildman–Crippen MR) is 82.6 cm³/mol. The number of nitrogens with one attached hydrogen (secondary N) is 1. The van der Waals surface area contributed by atoms with Crippen LogP contribution in [-0.4, -0.2) is 29.3 Å². The molecule has 2 rings (SSSR count). The molecule has 1 aromatic carbocycles. The lowest BCUT2D eigenvalue weighted by Gasteiger charge is -2.18. The largest absolute Gasteiger partial charge is 0.353 e. The molecular weight excluding hydrogens is 264 g/mol. The van der Waals surface area contributed by atoms with Crippen LogP contribution in [0.2, 0.25) is 0 Å². The summed E-state index contributed by atoms with van der Waals surface area (Å²) in [6, 6.07) is 8.33. The molecule has 1 aliphatic heterocycles. The molecule has 0 unspecified atom stereocenters. The lowest BCUT2D eigenvalue weighted by Crippen LogP contribution is -2.38. The molecular formula is C17H24N2O2. The zero-order chi connectivity index (χ0) is 15.4. The molecule has 0 bridgehead atoms. The molecule has 0 saturated carbocycles. The van der Waals surface area contributed by atoms with Crippen molar-refractivity contribution in [1.82, 2.24) is 10.2 Å². The molecule has 1 heterocycles. The fourth-order valence-corrected chi connectivity index (χ4v) is 2.48. The molecule has 2 atom stereocenters. The average Bonchev–Trinajstić information content (AvgIpc) is 2.82. The van der Waals surface area contributed by atoms with Gasteiger partial charge in [-0.05, 0) is 25.8 Å². The van der Waals surface area contributed by atoms with E-state index < -0.39 is 0 Å². The van der Waals surface area contributed by atoms with E-state index in [1.807, 2.05) is 45.0 Å². The van der Waals surface area contributed by atoms with Crippen molar-refractivity contribution < 1.29 is 9.59 Å². The molecule has 2 amide bonds. The molecule has 1 fully saturated rings. The number of hydrogen-bond donors (Lipinski definition) is 1. The topological polar surface area (TPSA) is 49.4 Å². The Bertz CT molecular complexity index is 510. The zero-order valence-electron chi connectivity index (χ0n) is 13.1. The number of benzene rings is 1. The van der Waals surface area contributed by atoms with Crippen molar-refractivity contribution in [3.63, 3.8) is 0 Å². The first-order valence-corrected chi connectivity index (χ1v) is 7.63. The summed E-state index contributed by atoms with van der Waals surface area (Å²) in [6.45, 7) is 7.18. The Hall–Kier alpha value is -1.84. The normalized spacial score (nSPS) is 19.7. The minimum Gasteiger partial charge on any atom is -0.353 e. The van der Waals surface area contributed by atoms with E-state index in [9.17, 15) is 9.59 Å². The number of carbonyl (C=O) groups is 2. The highest BCUT2D eigenvalue weighted by atomic mass is 16.2. The molecule has 1 aliphatic rings. The standard InChI is InChI=1S/C17H24N2O2/c1-4-13(3)18-17(21)15-9-16(20)19(11-15)10-14-7-5-12(2)6-8-14/h5-8,13,15H,4,9-11H2,1-3H3,(H,18,21)/t13-,15-/m1/s1. The van der Waals surface area contributed by atoms with Crippen LogP contribution in [0.4, 0.5) is 0 Å². The Labute approximate surface area is 126 Å². The van der Waals surface area contributed by atoms with E-state index in [0.29, 0.717) is 19.5 Å². The summed E-state index contributed by atoms with van der Waals surface area (Å²) < 4.78 is 0. The highest BCUT2D eigenvalue weighted by Crippen LogP contribution is 2.20. The van der Waals surface area contributed by atoms with E-state index in [0.717, 1.165) is 12.0 Å². The average molecular weight is 288 g/mol. The Balaban J connectivity index is 1.93. The number of amides is 2. The van der Waals surface area contributed by atoms with E-state index in [1.54, 1.807) is 4.90 Å². The maximum Gasteiger partial charge on any atom is 0.225 e. The van der Waals surface area contributed by atoms with Crippen LogP contribution in [0.25, 0.3) is 0 Å². The fraction of sp³-hybridized carbons (Fsp3) is 0.529. The molecule has 4 heteroatoms.